The van der Waals surface area contributed by atoms with Crippen molar-refractivity contribution in [3.63, 3.8) is 0 Å². The van der Waals surface area contributed by atoms with E-state index in [1.807, 2.05) is 24.3 Å². The van der Waals surface area contributed by atoms with Crippen LogP contribution >= 0.6 is 0 Å². The van der Waals surface area contributed by atoms with Crippen LogP contribution in [-0.2, 0) is 6.54 Å². The number of benzene rings is 1. The fourth-order valence-electron chi connectivity index (χ4n) is 1.17. The molecule has 1 aromatic rings. The second kappa shape index (κ2) is 3.89. The Hall–Kier alpha value is -1.88. The Morgan fingerprint density at radius 1 is 1.21 bits per heavy atom. The Kier molecular flexibility index (Phi) is 2.42. The molecule has 72 valence electrons. The van der Waals surface area contributed by atoms with Crippen LogP contribution in [0.15, 0.2) is 34.5 Å². The molecule has 0 aliphatic carbocycles. The van der Waals surface area contributed by atoms with Crippen molar-refractivity contribution in [3.05, 3.63) is 35.4 Å². The number of nitrogens with one attached hydrogen (secondary N) is 2. The molecule has 0 aromatic heterocycles. The largest absolute Gasteiger partial charge is 0.326 e. The monoisotopic (exact) mass is 189 g/mol. The summed E-state index contributed by atoms with van der Waals surface area (Å²) in [5.74, 6) is 0.705. The van der Waals surface area contributed by atoms with E-state index in [0.29, 0.717) is 12.4 Å². The number of hydrogen-bond donors (Lipinski definition) is 3. The Morgan fingerprint density at radius 2 is 2.00 bits per heavy atom. The number of hydrazone groups is 2. The number of nitrogens with two attached hydrogens (primary N) is 1. The second-order valence-electron chi connectivity index (χ2n) is 2.86. The zero-order valence-electron chi connectivity index (χ0n) is 7.57. The number of hydrogen-bond acceptors (Lipinski definition) is 5. The van der Waals surface area contributed by atoms with Gasteiger partial charge in [-0.1, -0.05) is 24.3 Å². The smallest absolute Gasteiger partial charge is 0.173 e. The molecule has 5 heteroatoms. The number of rotatable bonds is 2. The van der Waals surface area contributed by atoms with Gasteiger partial charge in [-0.05, 0) is 5.56 Å². The molecule has 14 heavy (non-hydrogen) atoms. The van der Waals surface area contributed by atoms with Gasteiger partial charge >= 0.3 is 0 Å². The van der Waals surface area contributed by atoms with E-state index in [2.05, 4.69) is 21.1 Å². The molecule has 2 rings (SSSR count). The first-order valence-corrected chi connectivity index (χ1v) is 4.30. The van der Waals surface area contributed by atoms with Gasteiger partial charge in [0.25, 0.3) is 0 Å². The van der Waals surface area contributed by atoms with E-state index in [1.165, 1.54) is 6.34 Å². The van der Waals surface area contributed by atoms with Crippen LogP contribution in [-0.4, -0.2) is 12.2 Å². The molecular formula is C9H11N5. The number of amidine groups is 1. The molecule has 0 saturated heterocycles. The normalized spacial score (nSPS) is 14.2. The van der Waals surface area contributed by atoms with Crippen LogP contribution in [0.4, 0.5) is 0 Å². The van der Waals surface area contributed by atoms with Crippen molar-refractivity contribution in [1.29, 1.82) is 0 Å². The van der Waals surface area contributed by atoms with Crippen molar-refractivity contribution in [1.82, 2.24) is 10.9 Å². The summed E-state index contributed by atoms with van der Waals surface area (Å²) in [6.45, 7) is 0.552. The standard InChI is InChI=1S/C9H11N5/c10-5-7-1-3-8(4-2-7)9-13-11-6-12-14-9/h1-4,6H,5,10H2,(H,11,12)(H,13,14). The van der Waals surface area contributed by atoms with Gasteiger partial charge in [-0.3, -0.25) is 10.9 Å². The van der Waals surface area contributed by atoms with E-state index >= 15 is 0 Å². The van der Waals surface area contributed by atoms with Crippen LogP contribution < -0.4 is 16.6 Å². The quantitative estimate of drug-likeness (QED) is 0.610. The van der Waals surface area contributed by atoms with Gasteiger partial charge in [-0.2, -0.15) is 10.2 Å². The van der Waals surface area contributed by atoms with Gasteiger partial charge in [0, 0.05) is 12.1 Å². The van der Waals surface area contributed by atoms with Crippen LogP contribution in [0.25, 0.3) is 0 Å². The van der Waals surface area contributed by atoms with Crippen LogP contribution in [0.2, 0.25) is 0 Å². The van der Waals surface area contributed by atoms with Crippen LogP contribution in [0.5, 0.6) is 0 Å². The lowest BCUT2D eigenvalue weighted by Gasteiger charge is -2.09. The van der Waals surface area contributed by atoms with Crippen LogP contribution in [0.3, 0.4) is 0 Å². The minimum Gasteiger partial charge on any atom is -0.326 e. The van der Waals surface area contributed by atoms with E-state index in [9.17, 15) is 0 Å². The summed E-state index contributed by atoms with van der Waals surface area (Å²) in [6.07, 6.45) is 1.48. The highest BCUT2D eigenvalue weighted by molar-refractivity contribution is 5.99. The van der Waals surface area contributed by atoms with E-state index < -0.39 is 0 Å². The van der Waals surface area contributed by atoms with E-state index in [0.717, 1.165) is 11.1 Å². The summed E-state index contributed by atoms with van der Waals surface area (Å²) in [6, 6.07) is 7.85. The minimum absolute atomic E-state index is 0.552. The second-order valence-corrected chi connectivity index (χ2v) is 2.86. The van der Waals surface area contributed by atoms with E-state index in [-0.39, 0.29) is 0 Å². The highest BCUT2D eigenvalue weighted by Crippen LogP contribution is 2.04. The minimum atomic E-state index is 0.552. The Labute approximate surface area is 81.7 Å². The maximum Gasteiger partial charge on any atom is 0.173 e. The zero-order chi connectivity index (χ0) is 9.80. The van der Waals surface area contributed by atoms with Gasteiger partial charge in [-0.25, -0.2) is 0 Å². The molecular weight excluding hydrogens is 178 g/mol. The topological polar surface area (TPSA) is 74.8 Å². The molecule has 0 fully saturated rings. The van der Waals surface area contributed by atoms with E-state index in [4.69, 9.17) is 5.73 Å². The van der Waals surface area contributed by atoms with Gasteiger partial charge in [0.15, 0.2) is 5.84 Å². The summed E-state index contributed by atoms with van der Waals surface area (Å²) in [5, 5.41) is 7.87. The van der Waals surface area contributed by atoms with Gasteiger partial charge in [0.05, 0.1) is 0 Å². The summed E-state index contributed by atoms with van der Waals surface area (Å²) in [5.41, 5.74) is 13.0. The lowest BCUT2D eigenvalue weighted by Crippen LogP contribution is -2.27. The van der Waals surface area contributed by atoms with Crippen LogP contribution in [0.1, 0.15) is 11.1 Å². The summed E-state index contributed by atoms with van der Waals surface area (Å²) in [7, 11) is 0. The zero-order valence-corrected chi connectivity index (χ0v) is 7.57. The first-order chi connectivity index (χ1) is 6.90. The Balaban J connectivity index is 2.20. The van der Waals surface area contributed by atoms with Crippen molar-refractivity contribution < 1.29 is 0 Å². The van der Waals surface area contributed by atoms with Crippen molar-refractivity contribution in [2.24, 2.45) is 15.9 Å². The number of nitrogens with zero attached hydrogens (tertiary/aromatic N) is 2. The third-order valence-corrected chi connectivity index (χ3v) is 1.93. The molecule has 0 unspecified atom stereocenters. The molecule has 1 aliphatic rings. The average molecular weight is 189 g/mol. The molecule has 0 spiro atoms. The molecule has 0 bridgehead atoms. The third kappa shape index (κ3) is 1.72. The van der Waals surface area contributed by atoms with E-state index in [1.54, 1.807) is 0 Å². The van der Waals surface area contributed by atoms with Gasteiger partial charge in [-0.15, -0.1) is 0 Å². The summed E-state index contributed by atoms with van der Waals surface area (Å²) in [4.78, 5) is 0. The molecule has 1 aliphatic heterocycles. The summed E-state index contributed by atoms with van der Waals surface area (Å²) >= 11 is 0. The lowest BCUT2D eigenvalue weighted by atomic mass is 10.1. The fourth-order valence-corrected chi connectivity index (χ4v) is 1.17. The first-order valence-electron chi connectivity index (χ1n) is 4.30. The third-order valence-electron chi connectivity index (χ3n) is 1.93. The van der Waals surface area contributed by atoms with Crippen molar-refractivity contribution in [2.75, 3.05) is 0 Å². The highest BCUT2D eigenvalue weighted by Gasteiger charge is 2.03. The molecule has 4 N–H and O–H groups in total. The predicted octanol–water partition coefficient (Wildman–Crippen LogP) is -0.0570. The van der Waals surface area contributed by atoms with Gasteiger partial charge in [0.2, 0.25) is 0 Å². The fraction of sp³-hybridized carbons (Fsp3) is 0.111. The lowest BCUT2D eigenvalue weighted by molar-refractivity contribution is 0.905. The Bertz CT molecular complexity index is 365. The summed E-state index contributed by atoms with van der Waals surface area (Å²) < 4.78 is 0. The predicted molar refractivity (Wildman–Crippen MR) is 55.6 cm³/mol. The highest BCUT2D eigenvalue weighted by atomic mass is 15.5. The Morgan fingerprint density at radius 3 is 2.57 bits per heavy atom. The van der Waals surface area contributed by atoms with Crippen LogP contribution in [0, 0.1) is 0 Å². The molecule has 1 heterocycles. The molecule has 1 aromatic carbocycles. The SMILES string of the molecule is NCc1ccc(C2=NNC=NN2)cc1. The maximum absolute atomic E-state index is 5.50. The molecule has 0 atom stereocenters. The molecule has 0 saturated carbocycles. The average Bonchev–Trinajstić information content (AvgIpc) is 2.30. The van der Waals surface area contributed by atoms with Crippen molar-refractivity contribution in [2.45, 2.75) is 6.54 Å². The van der Waals surface area contributed by atoms with Gasteiger partial charge < -0.3 is 5.73 Å². The molecule has 0 amide bonds. The van der Waals surface area contributed by atoms with Crippen molar-refractivity contribution >= 4 is 12.2 Å². The maximum atomic E-state index is 5.50. The van der Waals surface area contributed by atoms with Gasteiger partial charge in [0.1, 0.15) is 6.34 Å². The first kappa shape index (κ1) is 8.71. The molecule has 0 radical (unpaired) electrons. The molecule has 5 nitrogen and oxygen atoms in total. The van der Waals surface area contributed by atoms with Crippen molar-refractivity contribution in [3.8, 4) is 0 Å².